The fraction of sp³-hybridized carbons (Fsp3) is 0.700. The van der Waals surface area contributed by atoms with Crippen LogP contribution >= 0.6 is 0 Å². The minimum Gasteiger partial charge on any atom is -0.445 e. The number of amides is 2. The fourth-order valence-corrected chi connectivity index (χ4v) is 3.90. The van der Waals surface area contributed by atoms with Gasteiger partial charge in [-0.15, -0.1) is 0 Å². The smallest absolute Gasteiger partial charge is 0.410 e. The number of carbonyl (C=O) groups is 2. The number of nitrogens with zero attached hydrogens (tertiary/aromatic N) is 2. The number of hydrogen-bond acceptors (Lipinski definition) is 5. The summed E-state index contributed by atoms with van der Waals surface area (Å²) in [5.74, 6) is 0. The van der Waals surface area contributed by atoms with Gasteiger partial charge in [0.05, 0.1) is 18.2 Å². The van der Waals surface area contributed by atoms with Gasteiger partial charge in [-0.25, -0.2) is 9.59 Å². The zero-order valence-corrected chi connectivity index (χ0v) is 19.1. The van der Waals surface area contributed by atoms with Crippen molar-refractivity contribution in [2.45, 2.75) is 51.9 Å². The van der Waals surface area contributed by atoms with Crippen LogP contribution in [0.3, 0.4) is 0 Å². The third kappa shape index (κ3) is 5.61. The first-order valence-electron chi connectivity index (χ1n) is 9.49. The van der Waals surface area contributed by atoms with Crippen molar-refractivity contribution in [2.24, 2.45) is 5.41 Å². The first kappa shape index (κ1) is 24.2. The van der Waals surface area contributed by atoms with E-state index in [4.69, 9.17) is 13.9 Å². The van der Waals surface area contributed by atoms with Crippen LogP contribution in [0.1, 0.15) is 27.2 Å². The molecule has 1 saturated heterocycles. The zero-order valence-electron chi connectivity index (χ0n) is 18.1. The van der Waals surface area contributed by atoms with Gasteiger partial charge in [0.25, 0.3) is 0 Å². The third-order valence-electron chi connectivity index (χ3n) is 5.18. The Labute approximate surface area is 171 Å². The van der Waals surface area contributed by atoms with Crippen molar-refractivity contribution < 1.29 is 23.5 Å². The number of ether oxygens (including phenoxy) is 2. The van der Waals surface area contributed by atoms with Gasteiger partial charge in [-0.3, -0.25) is 4.90 Å². The largest absolute Gasteiger partial charge is 0.445 e. The minimum absolute atomic E-state index is 0.134. The molecular weight excluding hydrogens is 376 g/mol. The quantitative estimate of drug-likeness (QED) is 0.450. The Hall–Kier alpha value is -1.80. The summed E-state index contributed by atoms with van der Waals surface area (Å²) in [7, 11) is 0.732. The Bertz CT molecular complexity index is 575. The van der Waals surface area contributed by atoms with Crippen LogP contribution in [0.4, 0.5) is 9.59 Å². The highest BCUT2D eigenvalue weighted by Gasteiger charge is 2.56. The third-order valence-corrected chi connectivity index (χ3v) is 5.91. The van der Waals surface area contributed by atoms with E-state index in [1.165, 1.54) is 6.08 Å². The normalized spacial score (nSPS) is 22.1. The highest BCUT2D eigenvalue weighted by Crippen LogP contribution is 2.45. The molecule has 1 aliphatic rings. The van der Waals surface area contributed by atoms with Gasteiger partial charge in [0.2, 0.25) is 9.04 Å². The van der Waals surface area contributed by atoms with Crippen molar-refractivity contribution >= 4 is 21.2 Å². The van der Waals surface area contributed by atoms with E-state index in [0.717, 1.165) is 0 Å². The number of carbonyl (C=O) groups excluding carboxylic acids is 2. The Balaban J connectivity index is 3.21. The first-order valence-corrected chi connectivity index (χ1v) is 11.9. The summed E-state index contributed by atoms with van der Waals surface area (Å²) in [6.45, 7) is 18.6. The number of likely N-dealkylation sites (tertiary alicyclic amines) is 1. The molecule has 28 heavy (non-hydrogen) atoms. The van der Waals surface area contributed by atoms with E-state index in [1.807, 2.05) is 0 Å². The Morgan fingerprint density at radius 1 is 1.21 bits per heavy atom. The molecule has 0 saturated carbocycles. The molecule has 0 aliphatic carbocycles. The summed E-state index contributed by atoms with van der Waals surface area (Å²) in [6, 6.07) is -0.208. The molecule has 0 spiro atoms. The van der Waals surface area contributed by atoms with Gasteiger partial charge in [0.15, 0.2) is 0 Å². The van der Waals surface area contributed by atoms with E-state index >= 15 is 0 Å². The van der Waals surface area contributed by atoms with Crippen molar-refractivity contribution in [3.8, 4) is 0 Å². The molecule has 1 fully saturated rings. The molecule has 8 heteroatoms. The molecule has 0 unspecified atom stereocenters. The van der Waals surface area contributed by atoms with Crippen LogP contribution < -0.4 is 0 Å². The van der Waals surface area contributed by atoms with Gasteiger partial charge < -0.3 is 18.8 Å². The van der Waals surface area contributed by atoms with E-state index in [0.29, 0.717) is 19.6 Å². The Kier molecular flexibility index (Phi) is 8.75. The Morgan fingerprint density at radius 2 is 1.79 bits per heavy atom. The van der Waals surface area contributed by atoms with Crippen LogP contribution in [-0.4, -0.2) is 76.0 Å². The van der Waals surface area contributed by atoms with Crippen LogP contribution in [0.2, 0.25) is 13.1 Å². The van der Waals surface area contributed by atoms with E-state index in [2.05, 4.69) is 47.0 Å². The van der Waals surface area contributed by atoms with Gasteiger partial charge in [-0.1, -0.05) is 46.1 Å². The molecule has 1 radical (unpaired) electrons. The second-order valence-electron chi connectivity index (χ2n) is 8.29. The van der Waals surface area contributed by atoms with Gasteiger partial charge in [0, 0.05) is 13.6 Å². The van der Waals surface area contributed by atoms with Crippen molar-refractivity contribution in [1.29, 1.82) is 0 Å². The summed E-state index contributed by atoms with van der Waals surface area (Å²) in [6.07, 6.45) is 2.78. The number of rotatable bonds is 8. The minimum atomic E-state index is -0.960. The van der Waals surface area contributed by atoms with Crippen LogP contribution in [0.25, 0.3) is 0 Å². The van der Waals surface area contributed by atoms with Gasteiger partial charge >= 0.3 is 12.2 Å². The van der Waals surface area contributed by atoms with E-state index < -0.39 is 26.8 Å². The van der Waals surface area contributed by atoms with Crippen molar-refractivity contribution in [3.63, 3.8) is 0 Å². The van der Waals surface area contributed by atoms with Gasteiger partial charge in [-0.2, -0.15) is 0 Å². The Morgan fingerprint density at radius 3 is 2.29 bits per heavy atom. The van der Waals surface area contributed by atoms with Crippen molar-refractivity contribution in [3.05, 3.63) is 25.3 Å². The molecule has 0 aromatic heterocycles. The lowest BCUT2D eigenvalue weighted by molar-refractivity contribution is -0.0120. The lowest BCUT2D eigenvalue weighted by atomic mass is 9.72. The van der Waals surface area contributed by atoms with Crippen LogP contribution in [0, 0.1) is 5.41 Å². The maximum atomic E-state index is 12.9. The number of hydrogen-bond donors (Lipinski definition) is 0. The standard InChI is InChI=1S/C20H35N2O5Si/c1-9-11-25-17(23)21(6)16-13-20(19(3,4)5,15-27-28(7)8)22(14-16)18(24)26-12-10-2/h9-10,16H,1-2,11-15H2,3-8H3/t16-,20+/m0/s1. The lowest BCUT2D eigenvalue weighted by Gasteiger charge is -2.47. The second kappa shape index (κ2) is 10.1. The first-order chi connectivity index (χ1) is 13.0. The SMILES string of the molecule is C=CCOC(=O)N(C)[C@@H]1CN(C(=O)OCC=C)[C@](CO[Si](C)C)(C(C)(C)C)C1. The van der Waals surface area contributed by atoms with Gasteiger partial charge in [-0.05, 0) is 24.9 Å². The summed E-state index contributed by atoms with van der Waals surface area (Å²) in [5, 5.41) is 0. The van der Waals surface area contributed by atoms with E-state index in [9.17, 15) is 9.59 Å². The average molecular weight is 412 g/mol. The van der Waals surface area contributed by atoms with Crippen LogP contribution in [0.15, 0.2) is 25.3 Å². The molecular formula is C20H35N2O5Si. The highest BCUT2D eigenvalue weighted by atomic mass is 28.3. The molecule has 0 aromatic rings. The molecule has 7 nitrogen and oxygen atoms in total. The maximum absolute atomic E-state index is 12.9. The fourth-order valence-electron chi connectivity index (χ4n) is 3.38. The molecule has 1 heterocycles. The van der Waals surface area contributed by atoms with Crippen molar-refractivity contribution in [1.82, 2.24) is 9.80 Å². The highest BCUT2D eigenvalue weighted by molar-refractivity contribution is 6.48. The zero-order chi connectivity index (χ0) is 21.5. The molecule has 1 aliphatic heterocycles. The molecule has 0 bridgehead atoms. The molecule has 0 N–H and O–H groups in total. The average Bonchev–Trinajstić information content (AvgIpc) is 3.02. The molecule has 2 atom stereocenters. The molecule has 1 rings (SSSR count). The summed E-state index contributed by atoms with van der Waals surface area (Å²) in [4.78, 5) is 28.5. The predicted molar refractivity (Wildman–Crippen MR) is 112 cm³/mol. The topological polar surface area (TPSA) is 68.3 Å². The second-order valence-corrected chi connectivity index (χ2v) is 10.4. The predicted octanol–water partition coefficient (Wildman–Crippen LogP) is 3.69. The van der Waals surface area contributed by atoms with E-state index in [-0.39, 0.29) is 24.7 Å². The van der Waals surface area contributed by atoms with Crippen LogP contribution in [0.5, 0.6) is 0 Å². The van der Waals surface area contributed by atoms with Crippen molar-refractivity contribution in [2.75, 3.05) is 33.4 Å². The molecule has 2 amide bonds. The monoisotopic (exact) mass is 411 g/mol. The number of likely N-dealkylation sites (N-methyl/N-ethyl adjacent to an activating group) is 1. The van der Waals surface area contributed by atoms with Gasteiger partial charge in [0.1, 0.15) is 13.2 Å². The summed E-state index contributed by atoms with van der Waals surface area (Å²) in [5.41, 5.74) is -0.900. The van der Waals surface area contributed by atoms with Crippen LogP contribution in [-0.2, 0) is 13.9 Å². The summed E-state index contributed by atoms with van der Waals surface area (Å²) < 4.78 is 16.6. The molecule has 159 valence electrons. The lowest BCUT2D eigenvalue weighted by Crippen LogP contribution is -2.59. The maximum Gasteiger partial charge on any atom is 0.410 e. The van der Waals surface area contributed by atoms with E-state index in [1.54, 1.807) is 22.9 Å². The molecule has 0 aromatic carbocycles. The summed E-state index contributed by atoms with van der Waals surface area (Å²) >= 11 is 0.